The van der Waals surface area contributed by atoms with Gasteiger partial charge in [-0.2, -0.15) is 0 Å². The molecule has 2 aromatic heterocycles. The van der Waals surface area contributed by atoms with E-state index in [1.165, 1.54) is 12.8 Å². The molecule has 0 saturated carbocycles. The Morgan fingerprint density at radius 1 is 1.04 bits per heavy atom. The number of aromatic nitrogens is 2. The van der Waals surface area contributed by atoms with Crippen molar-refractivity contribution >= 4 is 5.91 Å². The van der Waals surface area contributed by atoms with Crippen LogP contribution in [0.4, 0.5) is 0 Å². The van der Waals surface area contributed by atoms with Crippen LogP contribution in [0.3, 0.4) is 0 Å². The highest BCUT2D eigenvalue weighted by molar-refractivity contribution is 5.92. The van der Waals surface area contributed by atoms with E-state index >= 15 is 0 Å². The van der Waals surface area contributed by atoms with E-state index in [0.717, 1.165) is 39.1 Å². The molecular formula is C20H26N4O. The average Bonchev–Trinajstić information content (AvgIpc) is 3.00. The lowest BCUT2D eigenvalue weighted by Crippen LogP contribution is -2.45. The van der Waals surface area contributed by atoms with Gasteiger partial charge in [-0.25, -0.2) is 0 Å². The molecule has 2 aromatic rings. The molecule has 5 rings (SSSR count). The highest BCUT2D eigenvalue weighted by Crippen LogP contribution is 2.28. The third kappa shape index (κ3) is 3.76. The molecule has 5 nitrogen and oxygen atoms in total. The summed E-state index contributed by atoms with van der Waals surface area (Å²) in [5, 5.41) is 0. The Morgan fingerprint density at radius 3 is 2.72 bits per heavy atom. The third-order valence-corrected chi connectivity index (χ3v) is 5.53. The smallest absolute Gasteiger partial charge is 0.272 e. The summed E-state index contributed by atoms with van der Waals surface area (Å²) in [4.78, 5) is 21.7. The highest BCUT2D eigenvalue weighted by atomic mass is 16.2. The van der Waals surface area contributed by atoms with Crippen LogP contribution < -0.4 is 0 Å². The van der Waals surface area contributed by atoms with Crippen LogP contribution in [0.2, 0.25) is 0 Å². The summed E-state index contributed by atoms with van der Waals surface area (Å²) in [6, 6.07) is 10.2. The topological polar surface area (TPSA) is 41.4 Å². The predicted molar refractivity (Wildman–Crippen MR) is 97.3 cm³/mol. The first-order valence-electron chi connectivity index (χ1n) is 9.35. The number of aryl methyl sites for hydroxylation is 1. The van der Waals surface area contributed by atoms with Gasteiger partial charge < -0.3 is 9.47 Å². The van der Waals surface area contributed by atoms with Crippen molar-refractivity contribution < 1.29 is 4.79 Å². The minimum atomic E-state index is 0.0895. The molecule has 132 valence electrons. The van der Waals surface area contributed by atoms with Crippen molar-refractivity contribution in [3.63, 3.8) is 0 Å². The van der Waals surface area contributed by atoms with Gasteiger partial charge in [0.15, 0.2) is 0 Å². The molecule has 5 heteroatoms. The summed E-state index contributed by atoms with van der Waals surface area (Å²) in [6.07, 6.45) is 9.56. The normalized spacial score (nSPS) is 23.6. The first kappa shape index (κ1) is 16.3. The zero-order valence-electron chi connectivity index (χ0n) is 14.6. The second-order valence-electron chi connectivity index (χ2n) is 7.29. The Labute approximate surface area is 149 Å². The van der Waals surface area contributed by atoms with Crippen molar-refractivity contribution in [2.24, 2.45) is 5.92 Å². The molecule has 3 saturated heterocycles. The number of piperidine rings is 1. The number of amides is 1. The lowest BCUT2D eigenvalue weighted by atomic mass is 9.95. The quantitative estimate of drug-likeness (QED) is 0.841. The van der Waals surface area contributed by atoms with Crippen molar-refractivity contribution in [2.75, 3.05) is 26.2 Å². The zero-order chi connectivity index (χ0) is 17.1. The fourth-order valence-electron chi connectivity index (χ4n) is 4.25. The Bertz CT molecular complexity index is 685. The van der Waals surface area contributed by atoms with Crippen molar-refractivity contribution in [3.8, 4) is 0 Å². The zero-order valence-corrected chi connectivity index (χ0v) is 14.6. The lowest BCUT2D eigenvalue weighted by Gasteiger charge is -2.36. The van der Waals surface area contributed by atoms with Crippen LogP contribution in [-0.2, 0) is 6.54 Å². The van der Waals surface area contributed by atoms with Crippen LogP contribution in [0.15, 0.2) is 48.9 Å². The van der Waals surface area contributed by atoms with E-state index in [-0.39, 0.29) is 5.91 Å². The number of hydrogen-bond acceptors (Lipinski definition) is 3. The predicted octanol–water partition coefficient (Wildman–Crippen LogP) is 2.51. The number of fused-ring (bicyclic) bond motifs is 4. The number of rotatable bonds is 5. The minimum Gasteiger partial charge on any atom is -0.354 e. The number of pyridine rings is 1. The van der Waals surface area contributed by atoms with E-state index in [1.807, 2.05) is 23.1 Å². The van der Waals surface area contributed by atoms with Crippen LogP contribution >= 0.6 is 0 Å². The van der Waals surface area contributed by atoms with E-state index in [2.05, 4.69) is 39.0 Å². The average molecular weight is 338 g/mol. The summed E-state index contributed by atoms with van der Waals surface area (Å²) in [6.45, 7) is 5.03. The molecule has 3 fully saturated rings. The summed E-state index contributed by atoms with van der Waals surface area (Å²) < 4.78 is 2.24. The minimum absolute atomic E-state index is 0.0895. The van der Waals surface area contributed by atoms with Crippen molar-refractivity contribution in [3.05, 3.63) is 54.6 Å². The second kappa shape index (κ2) is 7.40. The van der Waals surface area contributed by atoms with E-state index in [0.29, 0.717) is 17.7 Å². The molecule has 0 spiro atoms. The molecule has 0 aliphatic carbocycles. The Kier molecular flexibility index (Phi) is 4.83. The van der Waals surface area contributed by atoms with Crippen molar-refractivity contribution in [2.45, 2.75) is 31.8 Å². The van der Waals surface area contributed by atoms with Crippen LogP contribution in [0, 0.1) is 5.92 Å². The fraction of sp³-hybridized carbons (Fsp3) is 0.500. The van der Waals surface area contributed by atoms with E-state index in [9.17, 15) is 4.79 Å². The van der Waals surface area contributed by atoms with Crippen molar-refractivity contribution in [1.29, 1.82) is 0 Å². The maximum Gasteiger partial charge on any atom is 0.272 e. The maximum absolute atomic E-state index is 12.8. The second-order valence-corrected chi connectivity index (χ2v) is 7.29. The van der Waals surface area contributed by atoms with Gasteiger partial charge in [-0.15, -0.1) is 0 Å². The molecule has 3 aliphatic heterocycles. The summed E-state index contributed by atoms with van der Waals surface area (Å²) >= 11 is 0. The molecule has 3 aliphatic rings. The van der Waals surface area contributed by atoms with Crippen LogP contribution in [0.5, 0.6) is 0 Å². The monoisotopic (exact) mass is 338 g/mol. The molecule has 2 atom stereocenters. The van der Waals surface area contributed by atoms with Gasteiger partial charge in [-0.1, -0.05) is 6.07 Å². The van der Waals surface area contributed by atoms with Gasteiger partial charge in [-0.3, -0.25) is 14.7 Å². The standard InChI is InChI=1S/C20H26N4O/c25-20(19-6-1-2-9-21-19)24-15-17-7-8-18(16-24)23(14-17)13-5-12-22-10-3-4-11-22/h1-4,6,9-11,17-18H,5,7-8,12-16H2/t17-,18-/m1/s1. The van der Waals surface area contributed by atoms with Crippen molar-refractivity contribution in [1.82, 2.24) is 19.4 Å². The largest absolute Gasteiger partial charge is 0.354 e. The number of carbonyl (C=O) groups excluding carboxylic acids is 1. The van der Waals surface area contributed by atoms with E-state index in [4.69, 9.17) is 0 Å². The first-order chi connectivity index (χ1) is 12.3. The Balaban J connectivity index is 1.37. The number of nitrogens with zero attached hydrogens (tertiary/aromatic N) is 4. The third-order valence-electron chi connectivity index (χ3n) is 5.53. The van der Waals surface area contributed by atoms with Crippen LogP contribution in [-0.4, -0.2) is 57.5 Å². The molecule has 0 N–H and O–H groups in total. The fourth-order valence-corrected chi connectivity index (χ4v) is 4.25. The molecule has 0 radical (unpaired) electrons. The molecule has 0 aromatic carbocycles. The van der Waals surface area contributed by atoms with Gasteiger partial charge in [-0.05, 0) is 49.4 Å². The molecular weight excluding hydrogens is 312 g/mol. The summed E-state index contributed by atoms with van der Waals surface area (Å²) in [7, 11) is 0. The number of hydrogen-bond donors (Lipinski definition) is 0. The SMILES string of the molecule is O=C(c1ccccn1)N1C[C@@H]2CC[C@H](C1)N(CCCn1cccc1)C2. The summed E-state index contributed by atoms with van der Waals surface area (Å²) in [5.74, 6) is 0.685. The van der Waals surface area contributed by atoms with Gasteiger partial charge in [0.1, 0.15) is 5.69 Å². The van der Waals surface area contributed by atoms with Crippen LogP contribution in [0.1, 0.15) is 29.8 Å². The Morgan fingerprint density at radius 2 is 1.92 bits per heavy atom. The Hall–Kier alpha value is -2.14. The molecule has 5 heterocycles. The lowest BCUT2D eigenvalue weighted by molar-refractivity contribution is 0.0731. The molecule has 25 heavy (non-hydrogen) atoms. The van der Waals surface area contributed by atoms with Gasteiger partial charge in [0.25, 0.3) is 5.91 Å². The van der Waals surface area contributed by atoms with Gasteiger partial charge in [0.2, 0.25) is 0 Å². The van der Waals surface area contributed by atoms with Gasteiger partial charge >= 0.3 is 0 Å². The number of carbonyl (C=O) groups is 1. The maximum atomic E-state index is 12.8. The van der Waals surface area contributed by atoms with Gasteiger partial charge in [0.05, 0.1) is 0 Å². The molecule has 1 amide bonds. The summed E-state index contributed by atoms with van der Waals surface area (Å²) in [5.41, 5.74) is 0.572. The molecule has 2 bridgehead atoms. The highest BCUT2D eigenvalue weighted by Gasteiger charge is 2.36. The molecule has 0 unspecified atom stereocenters. The van der Waals surface area contributed by atoms with E-state index in [1.54, 1.807) is 6.20 Å². The van der Waals surface area contributed by atoms with E-state index < -0.39 is 0 Å². The van der Waals surface area contributed by atoms with Crippen LogP contribution in [0.25, 0.3) is 0 Å². The van der Waals surface area contributed by atoms with Gasteiger partial charge in [0, 0.05) is 57.4 Å². The first-order valence-corrected chi connectivity index (χ1v) is 9.35.